The second-order valence-electron chi connectivity index (χ2n) is 5.06. The minimum Gasteiger partial charge on any atom is -0.497 e. The number of carbonyl (C=O) groups is 1. The van der Waals surface area contributed by atoms with Crippen molar-refractivity contribution in [3.8, 4) is 16.9 Å². The highest BCUT2D eigenvalue weighted by Gasteiger charge is 2.13. The molecule has 0 amide bonds. The number of aliphatic carboxylic acids is 1. The van der Waals surface area contributed by atoms with Gasteiger partial charge in [0.15, 0.2) is 0 Å². The minimum absolute atomic E-state index is 0.0712. The van der Waals surface area contributed by atoms with E-state index in [4.69, 9.17) is 9.84 Å². The third kappa shape index (κ3) is 3.85. The highest BCUT2D eigenvalue weighted by molar-refractivity contribution is 5.68. The predicted octanol–water partition coefficient (Wildman–Crippen LogP) is 4.33. The molecule has 0 saturated heterocycles. The smallest absolute Gasteiger partial charge is 0.303 e. The zero-order chi connectivity index (χ0) is 15.2. The number of methoxy groups -OCH3 is 1. The van der Waals surface area contributed by atoms with E-state index in [0.717, 1.165) is 28.9 Å². The van der Waals surface area contributed by atoms with E-state index in [9.17, 15) is 4.79 Å². The van der Waals surface area contributed by atoms with Gasteiger partial charge in [-0.2, -0.15) is 0 Å². The maximum absolute atomic E-state index is 10.9. The van der Waals surface area contributed by atoms with Crippen LogP contribution in [0.15, 0.2) is 48.5 Å². The summed E-state index contributed by atoms with van der Waals surface area (Å²) in [6.45, 7) is 2.02. The molecular weight excluding hydrogens is 264 g/mol. The van der Waals surface area contributed by atoms with Crippen molar-refractivity contribution in [3.05, 3.63) is 54.1 Å². The molecule has 0 saturated carbocycles. The maximum Gasteiger partial charge on any atom is 0.303 e. The minimum atomic E-state index is -0.751. The van der Waals surface area contributed by atoms with Gasteiger partial charge in [0, 0.05) is 0 Å². The Kier molecular flexibility index (Phi) is 4.99. The molecule has 0 radical (unpaired) electrons. The molecule has 3 nitrogen and oxygen atoms in total. The summed E-state index contributed by atoms with van der Waals surface area (Å²) in [6.07, 6.45) is 1.000. The fourth-order valence-corrected chi connectivity index (χ4v) is 2.46. The van der Waals surface area contributed by atoms with Crippen LogP contribution in [-0.2, 0) is 4.79 Å². The van der Waals surface area contributed by atoms with E-state index >= 15 is 0 Å². The molecule has 2 aromatic carbocycles. The van der Waals surface area contributed by atoms with Crippen LogP contribution >= 0.6 is 0 Å². The summed E-state index contributed by atoms with van der Waals surface area (Å²) in [4.78, 5) is 10.9. The number of hydrogen-bond acceptors (Lipinski definition) is 2. The largest absolute Gasteiger partial charge is 0.497 e. The molecule has 3 heteroatoms. The van der Waals surface area contributed by atoms with E-state index in [0.29, 0.717) is 0 Å². The lowest BCUT2D eigenvalue weighted by Crippen LogP contribution is -2.05. The van der Waals surface area contributed by atoms with Gasteiger partial charge in [-0.15, -0.1) is 0 Å². The zero-order valence-electron chi connectivity index (χ0n) is 12.4. The Hall–Kier alpha value is -2.29. The predicted molar refractivity (Wildman–Crippen MR) is 83.7 cm³/mol. The number of rotatable bonds is 6. The van der Waals surface area contributed by atoms with Gasteiger partial charge in [0.1, 0.15) is 5.75 Å². The van der Waals surface area contributed by atoms with Gasteiger partial charge in [-0.05, 0) is 41.2 Å². The Labute approximate surface area is 125 Å². The van der Waals surface area contributed by atoms with Crippen molar-refractivity contribution in [1.29, 1.82) is 0 Å². The fourth-order valence-electron chi connectivity index (χ4n) is 2.46. The van der Waals surface area contributed by atoms with Gasteiger partial charge in [-0.3, -0.25) is 4.79 Å². The molecule has 0 spiro atoms. The molecular formula is C18H20O3. The monoisotopic (exact) mass is 284 g/mol. The lowest BCUT2D eigenvalue weighted by atomic mass is 9.92. The summed E-state index contributed by atoms with van der Waals surface area (Å²) in [5, 5.41) is 8.95. The summed E-state index contributed by atoms with van der Waals surface area (Å²) in [7, 11) is 1.65. The number of hydrogen-bond donors (Lipinski definition) is 1. The van der Waals surface area contributed by atoms with Gasteiger partial charge in [0.2, 0.25) is 0 Å². The molecule has 110 valence electrons. The standard InChI is InChI=1S/C18H20O3/c1-3-13(12-18(19)20)14-7-9-15(10-8-14)16-5-4-6-17(11-16)21-2/h4-11,13H,3,12H2,1-2H3,(H,19,20). The van der Waals surface area contributed by atoms with Gasteiger partial charge >= 0.3 is 5.97 Å². The van der Waals surface area contributed by atoms with Crippen LogP contribution < -0.4 is 4.74 Å². The molecule has 0 aliphatic heterocycles. The van der Waals surface area contributed by atoms with Crippen molar-refractivity contribution >= 4 is 5.97 Å². The Morgan fingerprint density at radius 1 is 1.14 bits per heavy atom. The lowest BCUT2D eigenvalue weighted by molar-refractivity contribution is -0.137. The first-order valence-electron chi connectivity index (χ1n) is 7.10. The highest BCUT2D eigenvalue weighted by atomic mass is 16.5. The van der Waals surface area contributed by atoms with Crippen LogP contribution in [-0.4, -0.2) is 18.2 Å². The van der Waals surface area contributed by atoms with Crippen LogP contribution in [0.4, 0.5) is 0 Å². The van der Waals surface area contributed by atoms with Gasteiger partial charge in [0.05, 0.1) is 13.5 Å². The first-order chi connectivity index (χ1) is 10.1. The van der Waals surface area contributed by atoms with E-state index in [-0.39, 0.29) is 12.3 Å². The van der Waals surface area contributed by atoms with Crippen molar-refractivity contribution in [2.75, 3.05) is 7.11 Å². The van der Waals surface area contributed by atoms with E-state index in [2.05, 4.69) is 0 Å². The average molecular weight is 284 g/mol. The molecule has 0 fully saturated rings. The third-order valence-corrected chi connectivity index (χ3v) is 3.70. The summed E-state index contributed by atoms with van der Waals surface area (Å²) >= 11 is 0. The van der Waals surface area contributed by atoms with Crippen LogP contribution in [0, 0.1) is 0 Å². The molecule has 0 aliphatic rings. The van der Waals surface area contributed by atoms with Crippen molar-refractivity contribution in [1.82, 2.24) is 0 Å². The van der Waals surface area contributed by atoms with Crippen molar-refractivity contribution in [2.24, 2.45) is 0 Å². The second kappa shape index (κ2) is 6.93. The summed E-state index contributed by atoms with van der Waals surface area (Å²) in [5.74, 6) is 0.148. The lowest BCUT2D eigenvalue weighted by Gasteiger charge is -2.13. The van der Waals surface area contributed by atoms with Crippen LogP contribution in [0.25, 0.3) is 11.1 Å². The molecule has 0 aromatic heterocycles. The number of carboxylic acids is 1. The Morgan fingerprint density at radius 3 is 2.43 bits per heavy atom. The van der Waals surface area contributed by atoms with Crippen LogP contribution in [0.2, 0.25) is 0 Å². The Bertz CT molecular complexity index is 602. The molecule has 21 heavy (non-hydrogen) atoms. The highest BCUT2D eigenvalue weighted by Crippen LogP contribution is 2.28. The first-order valence-corrected chi connectivity index (χ1v) is 7.10. The fraction of sp³-hybridized carbons (Fsp3) is 0.278. The van der Waals surface area contributed by atoms with E-state index in [1.54, 1.807) is 7.11 Å². The van der Waals surface area contributed by atoms with Crippen LogP contribution in [0.5, 0.6) is 5.75 Å². The van der Waals surface area contributed by atoms with Gasteiger partial charge in [0.25, 0.3) is 0 Å². The van der Waals surface area contributed by atoms with E-state index in [1.807, 2.05) is 55.5 Å². The normalized spacial score (nSPS) is 11.9. The van der Waals surface area contributed by atoms with E-state index < -0.39 is 5.97 Å². The molecule has 1 N–H and O–H groups in total. The maximum atomic E-state index is 10.9. The Morgan fingerprint density at radius 2 is 1.86 bits per heavy atom. The number of benzene rings is 2. The summed E-state index contributed by atoms with van der Waals surface area (Å²) < 4.78 is 5.23. The summed E-state index contributed by atoms with van der Waals surface area (Å²) in [6, 6.07) is 16.0. The second-order valence-corrected chi connectivity index (χ2v) is 5.06. The van der Waals surface area contributed by atoms with Gasteiger partial charge in [-0.25, -0.2) is 0 Å². The molecule has 1 unspecified atom stereocenters. The number of carboxylic acid groups (broad SMARTS) is 1. The number of ether oxygens (including phenoxy) is 1. The molecule has 0 bridgehead atoms. The average Bonchev–Trinajstić information content (AvgIpc) is 2.52. The third-order valence-electron chi connectivity index (χ3n) is 3.70. The van der Waals surface area contributed by atoms with Crippen LogP contribution in [0.3, 0.4) is 0 Å². The summed E-state index contributed by atoms with van der Waals surface area (Å²) in [5.41, 5.74) is 3.27. The van der Waals surface area contributed by atoms with Crippen molar-refractivity contribution in [3.63, 3.8) is 0 Å². The molecule has 0 heterocycles. The topological polar surface area (TPSA) is 46.5 Å². The molecule has 0 aliphatic carbocycles. The molecule has 2 aromatic rings. The van der Waals surface area contributed by atoms with Gasteiger partial charge in [-0.1, -0.05) is 43.3 Å². The SMILES string of the molecule is CCC(CC(=O)O)c1ccc(-c2cccc(OC)c2)cc1. The van der Waals surface area contributed by atoms with E-state index in [1.165, 1.54) is 0 Å². The zero-order valence-corrected chi connectivity index (χ0v) is 12.4. The van der Waals surface area contributed by atoms with Crippen LogP contribution in [0.1, 0.15) is 31.2 Å². The first kappa shape index (κ1) is 15.1. The van der Waals surface area contributed by atoms with Crippen molar-refractivity contribution < 1.29 is 14.6 Å². The van der Waals surface area contributed by atoms with Gasteiger partial charge < -0.3 is 9.84 Å². The molecule has 1 atom stereocenters. The Balaban J connectivity index is 2.23. The quantitative estimate of drug-likeness (QED) is 0.858. The van der Waals surface area contributed by atoms with Crippen molar-refractivity contribution in [2.45, 2.75) is 25.7 Å². The molecule has 2 rings (SSSR count).